The highest BCUT2D eigenvalue weighted by atomic mass is 32.2. The van der Waals surface area contributed by atoms with E-state index in [-0.39, 0.29) is 0 Å². The Bertz CT molecular complexity index is 190. The van der Waals surface area contributed by atoms with Crippen LogP contribution in [0.4, 0.5) is 0 Å². The van der Waals surface area contributed by atoms with Crippen LogP contribution in [-0.2, 0) is 0 Å². The third kappa shape index (κ3) is 5.67. The van der Waals surface area contributed by atoms with E-state index in [4.69, 9.17) is 0 Å². The van der Waals surface area contributed by atoms with Gasteiger partial charge in [0.25, 0.3) is 0 Å². The molecule has 11 heavy (non-hydrogen) atoms. The van der Waals surface area contributed by atoms with Gasteiger partial charge in [-0.05, 0) is 24.4 Å². The van der Waals surface area contributed by atoms with Crippen LogP contribution in [0.2, 0.25) is 0 Å². The fraction of sp³-hybridized carbons (Fsp3) is 0.222. The molecule has 0 amide bonds. The lowest BCUT2D eigenvalue weighted by atomic mass is 10.2. The highest BCUT2D eigenvalue weighted by Gasteiger charge is 1.81. The van der Waals surface area contributed by atoms with Crippen molar-refractivity contribution in [2.24, 2.45) is 4.40 Å². The molecular formula is C9H13NS. The van der Waals surface area contributed by atoms with Crippen LogP contribution in [0, 0.1) is 0 Å². The van der Waals surface area contributed by atoms with Crippen LogP contribution in [0.3, 0.4) is 0 Å². The number of nitrogens with zero attached hydrogens (tertiary/aromatic N) is 1. The van der Waals surface area contributed by atoms with E-state index in [2.05, 4.69) is 11.0 Å². The summed E-state index contributed by atoms with van der Waals surface area (Å²) in [6.07, 6.45) is 11.4. The van der Waals surface area contributed by atoms with Crippen LogP contribution in [0.5, 0.6) is 0 Å². The molecule has 0 aliphatic carbocycles. The van der Waals surface area contributed by atoms with Gasteiger partial charge in [0.2, 0.25) is 0 Å². The summed E-state index contributed by atoms with van der Waals surface area (Å²) in [6, 6.07) is 0. The van der Waals surface area contributed by atoms with Crippen LogP contribution in [0.15, 0.2) is 40.9 Å². The topological polar surface area (TPSA) is 12.4 Å². The van der Waals surface area contributed by atoms with Crippen LogP contribution in [0.25, 0.3) is 0 Å². The lowest BCUT2D eigenvalue weighted by Crippen LogP contribution is -1.76. The molecule has 1 nitrogen and oxygen atoms in total. The smallest absolute Gasteiger partial charge is 0.0423 e. The lowest BCUT2D eigenvalue weighted by Gasteiger charge is -1.88. The van der Waals surface area contributed by atoms with Crippen molar-refractivity contribution in [3.63, 3.8) is 0 Å². The van der Waals surface area contributed by atoms with Crippen LogP contribution >= 0.6 is 11.9 Å². The predicted molar refractivity (Wildman–Crippen MR) is 55.1 cm³/mol. The molecule has 0 spiro atoms. The summed E-state index contributed by atoms with van der Waals surface area (Å²) < 4.78 is 4.03. The average molecular weight is 167 g/mol. The van der Waals surface area contributed by atoms with E-state index >= 15 is 0 Å². The second-order valence-corrected chi connectivity index (χ2v) is 2.40. The van der Waals surface area contributed by atoms with Gasteiger partial charge in [0.05, 0.1) is 0 Å². The Morgan fingerprint density at radius 3 is 2.73 bits per heavy atom. The molecular weight excluding hydrogens is 154 g/mol. The van der Waals surface area contributed by atoms with Gasteiger partial charge < -0.3 is 0 Å². The molecule has 60 valence electrons. The van der Waals surface area contributed by atoms with Crippen molar-refractivity contribution >= 4 is 18.2 Å². The van der Waals surface area contributed by atoms with E-state index < -0.39 is 0 Å². The van der Waals surface area contributed by atoms with Gasteiger partial charge in [-0.25, -0.2) is 4.40 Å². The van der Waals surface area contributed by atoms with Crippen molar-refractivity contribution in [3.8, 4) is 0 Å². The maximum absolute atomic E-state index is 4.03. The van der Waals surface area contributed by atoms with E-state index in [0.717, 1.165) is 5.57 Å². The quantitative estimate of drug-likeness (QED) is 0.356. The van der Waals surface area contributed by atoms with E-state index in [0.29, 0.717) is 0 Å². The highest BCUT2D eigenvalue weighted by molar-refractivity contribution is 7.97. The molecule has 0 aromatic heterocycles. The summed E-state index contributed by atoms with van der Waals surface area (Å²) in [7, 11) is 0. The van der Waals surface area contributed by atoms with Crippen molar-refractivity contribution in [3.05, 3.63) is 36.5 Å². The Morgan fingerprint density at radius 2 is 2.27 bits per heavy atom. The fourth-order valence-electron chi connectivity index (χ4n) is 0.584. The largest absolute Gasteiger partial charge is 0.224 e. The minimum Gasteiger partial charge on any atom is -0.224 e. The maximum atomic E-state index is 4.03. The third-order valence-electron chi connectivity index (χ3n) is 0.977. The summed E-state index contributed by atoms with van der Waals surface area (Å²) >= 11 is 1.44. The molecule has 0 aromatic carbocycles. The first-order valence-electron chi connectivity index (χ1n) is 3.37. The second kappa shape index (κ2) is 7.35. The molecule has 2 heteroatoms. The maximum Gasteiger partial charge on any atom is 0.0423 e. The summed E-state index contributed by atoms with van der Waals surface area (Å²) in [5.74, 6) is 0. The molecule has 0 saturated carbocycles. The fourth-order valence-corrected chi connectivity index (χ4v) is 0.811. The first-order valence-corrected chi connectivity index (χ1v) is 4.55. The molecule has 0 heterocycles. The molecule has 0 aliphatic heterocycles. The molecule has 0 rings (SSSR count). The van der Waals surface area contributed by atoms with Gasteiger partial charge in [-0.2, -0.15) is 0 Å². The molecule has 0 saturated heterocycles. The Kier molecular flexibility index (Phi) is 6.84. The molecule has 0 aromatic rings. The first kappa shape index (κ1) is 10.2. The second-order valence-electron chi connectivity index (χ2n) is 1.82. The molecule has 0 bridgehead atoms. The third-order valence-corrected chi connectivity index (χ3v) is 1.29. The Labute approximate surface area is 72.7 Å². The van der Waals surface area contributed by atoms with Gasteiger partial charge in [0.1, 0.15) is 0 Å². The number of rotatable bonds is 4. The van der Waals surface area contributed by atoms with Crippen molar-refractivity contribution in [2.75, 3.05) is 6.26 Å². The molecule has 0 atom stereocenters. The molecule has 0 unspecified atom stereocenters. The average Bonchev–Trinajstić information content (AvgIpc) is 2.01. The first-order chi connectivity index (χ1) is 5.35. The monoisotopic (exact) mass is 167 g/mol. The molecule has 0 N–H and O–H groups in total. The minimum absolute atomic E-state index is 1.07. The Balaban J connectivity index is 4.22. The van der Waals surface area contributed by atoms with Gasteiger partial charge >= 0.3 is 0 Å². The van der Waals surface area contributed by atoms with Gasteiger partial charge in [0.15, 0.2) is 0 Å². The Hall–Kier alpha value is -0.760. The number of hydrogen-bond acceptors (Lipinski definition) is 2. The standard InChI is InChI=1S/C9H13NS/c1-4-6-9(7-5-2)8-10-11-3/h4-8H,1H2,2-3H3/b7-5+,9-6-,10-8-. The van der Waals surface area contributed by atoms with Crippen molar-refractivity contribution in [1.29, 1.82) is 0 Å². The predicted octanol–water partition coefficient (Wildman–Crippen LogP) is 3.02. The Morgan fingerprint density at radius 1 is 1.55 bits per heavy atom. The van der Waals surface area contributed by atoms with Crippen LogP contribution in [-0.4, -0.2) is 12.5 Å². The van der Waals surface area contributed by atoms with E-state index in [1.165, 1.54) is 11.9 Å². The van der Waals surface area contributed by atoms with E-state index in [9.17, 15) is 0 Å². The lowest BCUT2D eigenvalue weighted by molar-refractivity contribution is 1.68. The number of allylic oxidation sites excluding steroid dienone is 5. The van der Waals surface area contributed by atoms with E-state index in [1.807, 2.05) is 37.6 Å². The van der Waals surface area contributed by atoms with Gasteiger partial charge in [-0.15, -0.1) is 0 Å². The highest BCUT2D eigenvalue weighted by Crippen LogP contribution is 1.98. The number of hydrogen-bond donors (Lipinski definition) is 0. The van der Waals surface area contributed by atoms with Gasteiger partial charge in [-0.3, -0.25) is 0 Å². The molecule has 0 aliphatic rings. The van der Waals surface area contributed by atoms with E-state index in [1.54, 1.807) is 6.08 Å². The van der Waals surface area contributed by atoms with Gasteiger partial charge in [0, 0.05) is 12.5 Å². The van der Waals surface area contributed by atoms with Crippen molar-refractivity contribution < 1.29 is 0 Å². The summed E-state index contributed by atoms with van der Waals surface area (Å²) in [6.45, 7) is 5.59. The van der Waals surface area contributed by atoms with Crippen molar-refractivity contribution in [1.82, 2.24) is 0 Å². The summed E-state index contributed by atoms with van der Waals surface area (Å²) in [5, 5.41) is 0. The zero-order valence-electron chi connectivity index (χ0n) is 6.95. The normalized spacial score (nSPS) is 13.1. The zero-order valence-corrected chi connectivity index (χ0v) is 7.77. The van der Waals surface area contributed by atoms with Crippen LogP contribution in [0.1, 0.15) is 6.92 Å². The van der Waals surface area contributed by atoms with Crippen molar-refractivity contribution in [2.45, 2.75) is 6.92 Å². The summed E-state index contributed by atoms with van der Waals surface area (Å²) in [5.41, 5.74) is 1.07. The van der Waals surface area contributed by atoms with Crippen LogP contribution < -0.4 is 0 Å². The van der Waals surface area contributed by atoms with Gasteiger partial charge in [-0.1, -0.05) is 30.9 Å². The minimum atomic E-state index is 1.07. The SMILES string of the molecule is C=C/C=C(\C=N/SC)/C=C/C. The molecule has 0 radical (unpaired) electrons. The summed E-state index contributed by atoms with van der Waals surface area (Å²) in [4.78, 5) is 0. The molecule has 0 fully saturated rings. The zero-order chi connectivity index (χ0) is 8.53.